The molecule has 0 atom stereocenters. The first-order valence-electron chi connectivity index (χ1n) is 7.26. The SMILES string of the molecule is Cc1nc(SCc2nc3sc4c(c3c(=O)[nH]2)CCCC4)n[nH]1. The highest BCUT2D eigenvalue weighted by Gasteiger charge is 2.19. The molecule has 8 heteroatoms. The van der Waals surface area contributed by atoms with Gasteiger partial charge in [-0.15, -0.1) is 16.4 Å². The van der Waals surface area contributed by atoms with E-state index in [9.17, 15) is 4.79 Å². The lowest BCUT2D eigenvalue weighted by molar-refractivity contribution is 0.700. The standard InChI is InChI=1S/C14H15N5OS2/c1-7-15-14(19-18-7)21-6-10-16-12(20)11-8-4-2-3-5-9(8)22-13(11)17-10/h2-6H2,1H3,(H,15,18,19)(H,16,17,20). The number of hydrogen-bond acceptors (Lipinski definition) is 6. The van der Waals surface area contributed by atoms with Crippen LogP contribution in [0.2, 0.25) is 0 Å². The Hall–Kier alpha value is -1.67. The molecule has 1 aliphatic carbocycles. The zero-order valence-electron chi connectivity index (χ0n) is 12.1. The summed E-state index contributed by atoms with van der Waals surface area (Å²) in [5.74, 6) is 2.03. The molecule has 22 heavy (non-hydrogen) atoms. The van der Waals surface area contributed by atoms with Crippen LogP contribution in [-0.2, 0) is 18.6 Å². The first-order valence-corrected chi connectivity index (χ1v) is 9.06. The van der Waals surface area contributed by atoms with Gasteiger partial charge in [0.2, 0.25) is 5.16 Å². The predicted molar refractivity (Wildman–Crippen MR) is 87.6 cm³/mol. The molecule has 0 aliphatic heterocycles. The van der Waals surface area contributed by atoms with E-state index in [0.29, 0.717) is 16.7 Å². The van der Waals surface area contributed by atoms with Gasteiger partial charge in [-0.2, -0.15) is 0 Å². The molecule has 114 valence electrons. The average Bonchev–Trinajstić information content (AvgIpc) is 3.08. The molecule has 3 aromatic heterocycles. The summed E-state index contributed by atoms with van der Waals surface area (Å²) >= 11 is 3.14. The number of nitrogens with one attached hydrogen (secondary N) is 2. The minimum absolute atomic E-state index is 0.00818. The topological polar surface area (TPSA) is 87.3 Å². The molecule has 3 heterocycles. The Bertz CT molecular complexity index is 894. The van der Waals surface area contributed by atoms with Crippen molar-refractivity contribution in [1.29, 1.82) is 0 Å². The minimum Gasteiger partial charge on any atom is -0.309 e. The van der Waals surface area contributed by atoms with Crippen molar-refractivity contribution in [2.24, 2.45) is 0 Å². The second kappa shape index (κ2) is 5.51. The predicted octanol–water partition coefficient (Wildman–Crippen LogP) is 2.58. The highest BCUT2D eigenvalue weighted by molar-refractivity contribution is 7.98. The number of aromatic nitrogens is 5. The van der Waals surface area contributed by atoms with Crippen LogP contribution in [0.25, 0.3) is 10.2 Å². The number of H-pyrrole nitrogens is 2. The third kappa shape index (κ3) is 2.46. The average molecular weight is 333 g/mol. The highest BCUT2D eigenvalue weighted by Crippen LogP contribution is 2.33. The monoisotopic (exact) mass is 333 g/mol. The van der Waals surface area contributed by atoms with Crippen LogP contribution in [0.4, 0.5) is 0 Å². The second-order valence-electron chi connectivity index (χ2n) is 5.40. The van der Waals surface area contributed by atoms with Crippen LogP contribution in [0.1, 0.15) is 34.9 Å². The number of nitrogens with zero attached hydrogens (tertiary/aromatic N) is 3. The third-order valence-corrected chi connectivity index (χ3v) is 5.83. The number of aryl methyl sites for hydroxylation is 3. The molecule has 1 aliphatic rings. The van der Waals surface area contributed by atoms with Crippen LogP contribution >= 0.6 is 23.1 Å². The maximum absolute atomic E-state index is 12.4. The zero-order valence-corrected chi connectivity index (χ0v) is 13.7. The molecular formula is C14H15N5OS2. The van der Waals surface area contributed by atoms with E-state index in [1.54, 1.807) is 11.3 Å². The lowest BCUT2D eigenvalue weighted by Gasteiger charge is -2.09. The summed E-state index contributed by atoms with van der Waals surface area (Å²) in [7, 11) is 0. The fraction of sp³-hybridized carbons (Fsp3) is 0.429. The smallest absolute Gasteiger partial charge is 0.259 e. The van der Waals surface area contributed by atoms with Crippen molar-refractivity contribution in [2.45, 2.75) is 43.5 Å². The summed E-state index contributed by atoms with van der Waals surface area (Å²) in [6, 6.07) is 0. The van der Waals surface area contributed by atoms with Gasteiger partial charge >= 0.3 is 0 Å². The van der Waals surface area contributed by atoms with E-state index in [4.69, 9.17) is 0 Å². The minimum atomic E-state index is -0.00818. The number of fused-ring (bicyclic) bond motifs is 3. The van der Waals surface area contributed by atoms with Crippen molar-refractivity contribution in [3.05, 3.63) is 32.4 Å². The lowest BCUT2D eigenvalue weighted by atomic mass is 9.97. The van der Waals surface area contributed by atoms with E-state index in [-0.39, 0.29) is 5.56 Å². The van der Waals surface area contributed by atoms with E-state index < -0.39 is 0 Å². The van der Waals surface area contributed by atoms with Crippen molar-refractivity contribution in [2.75, 3.05) is 0 Å². The molecule has 0 saturated carbocycles. The van der Waals surface area contributed by atoms with Crippen LogP contribution in [0.3, 0.4) is 0 Å². The quantitative estimate of drug-likeness (QED) is 0.719. The summed E-state index contributed by atoms with van der Waals surface area (Å²) in [4.78, 5) is 26.4. The molecule has 4 rings (SSSR count). The molecule has 6 nitrogen and oxygen atoms in total. The van der Waals surface area contributed by atoms with Crippen molar-refractivity contribution in [3.63, 3.8) is 0 Å². The van der Waals surface area contributed by atoms with Crippen LogP contribution < -0.4 is 5.56 Å². The van der Waals surface area contributed by atoms with E-state index in [1.807, 2.05) is 6.92 Å². The van der Waals surface area contributed by atoms with Gasteiger partial charge in [0.1, 0.15) is 16.5 Å². The molecule has 0 amide bonds. The molecule has 0 saturated heterocycles. The molecule has 2 N–H and O–H groups in total. The van der Waals surface area contributed by atoms with E-state index >= 15 is 0 Å². The van der Waals surface area contributed by atoms with Crippen molar-refractivity contribution < 1.29 is 0 Å². The van der Waals surface area contributed by atoms with E-state index in [2.05, 4.69) is 25.1 Å². The maximum atomic E-state index is 12.4. The van der Waals surface area contributed by atoms with Gasteiger partial charge in [0.05, 0.1) is 11.1 Å². The summed E-state index contributed by atoms with van der Waals surface area (Å²) in [6.45, 7) is 1.86. The van der Waals surface area contributed by atoms with E-state index in [0.717, 1.165) is 28.9 Å². The van der Waals surface area contributed by atoms with Gasteiger partial charge in [-0.25, -0.2) is 9.97 Å². The number of hydrogen-bond donors (Lipinski definition) is 2. The van der Waals surface area contributed by atoms with Gasteiger partial charge in [-0.1, -0.05) is 11.8 Å². The van der Waals surface area contributed by atoms with Gasteiger partial charge in [0.25, 0.3) is 5.56 Å². The van der Waals surface area contributed by atoms with Gasteiger partial charge < -0.3 is 4.98 Å². The fourth-order valence-corrected chi connectivity index (χ4v) is 4.79. The van der Waals surface area contributed by atoms with Crippen LogP contribution in [0.5, 0.6) is 0 Å². The molecule has 0 aromatic carbocycles. The Morgan fingerprint density at radius 3 is 2.95 bits per heavy atom. The largest absolute Gasteiger partial charge is 0.309 e. The first kappa shape index (κ1) is 14.0. The Kier molecular flexibility index (Phi) is 3.50. The molecule has 0 bridgehead atoms. The van der Waals surface area contributed by atoms with Gasteiger partial charge in [0.15, 0.2) is 0 Å². The van der Waals surface area contributed by atoms with Crippen LogP contribution in [0.15, 0.2) is 9.95 Å². The Morgan fingerprint density at radius 2 is 2.14 bits per heavy atom. The number of thioether (sulfide) groups is 1. The molecule has 3 aromatic rings. The molecule has 0 fully saturated rings. The van der Waals surface area contributed by atoms with Crippen molar-refractivity contribution in [3.8, 4) is 0 Å². The number of aromatic amines is 2. The third-order valence-electron chi connectivity index (χ3n) is 3.79. The van der Waals surface area contributed by atoms with Gasteiger partial charge in [0, 0.05) is 4.88 Å². The summed E-state index contributed by atoms with van der Waals surface area (Å²) < 4.78 is 0. The van der Waals surface area contributed by atoms with E-state index in [1.165, 1.54) is 35.0 Å². The van der Waals surface area contributed by atoms with Gasteiger partial charge in [-0.05, 0) is 38.2 Å². The van der Waals surface area contributed by atoms with Crippen molar-refractivity contribution >= 4 is 33.3 Å². The number of rotatable bonds is 3. The Labute approximate surface area is 134 Å². The Balaban J connectivity index is 1.66. The van der Waals surface area contributed by atoms with Crippen LogP contribution in [-0.4, -0.2) is 25.1 Å². The molecule has 0 unspecified atom stereocenters. The number of thiophene rings is 1. The fourth-order valence-electron chi connectivity index (χ4n) is 2.80. The molecule has 0 spiro atoms. The lowest BCUT2D eigenvalue weighted by Crippen LogP contribution is -2.12. The zero-order chi connectivity index (χ0) is 15.1. The van der Waals surface area contributed by atoms with Gasteiger partial charge in [-0.3, -0.25) is 9.89 Å². The first-order chi connectivity index (χ1) is 10.7. The van der Waals surface area contributed by atoms with Crippen LogP contribution in [0, 0.1) is 6.92 Å². The highest BCUT2D eigenvalue weighted by atomic mass is 32.2. The summed E-state index contributed by atoms with van der Waals surface area (Å²) in [6.07, 6.45) is 4.46. The summed E-state index contributed by atoms with van der Waals surface area (Å²) in [5.41, 5.74) is 1.22. The second-order valence-corrected chi connectivity index (χ2v) is 7.42. The summed E-state index contributed by atoms with van der Waals surface area (Å²) in [5, 5.41) is 8.36. The molecular weight excluding hydrogens is 318 g/mol. The molecule has 0 radical (unpaired) electrons. The Morgan fingerprint density at radius 1 is 1.27 bits per heavy atom. The maximum Gasteiger partial charge on any atom is 0.259 e. The van der Waals surface area contributed by atoms with Crippen molar-refractivity contribution in [1.82, 2.24) is 25.1 Å². The normalized spacial score (nSPS) is 14.4.